The molecule has 0 aliphatic rings. The van der Waals surface area contributed by atoms with Gasteiger partial charge in [0.25, 0.3) is 0 Å². The van der Waals surface area contributed by atoms with Crippen LogP contribution in [0.3, 0.4) is 0 Å². The van der Waals surface area contributed by atoms with E-state index in [1.165, 1.54) is 18.7 Å². The van der Waals surface area contributed by atoms with Crippen molar-refractivity contribution in [3.63, 3.8) is 0 Å². The van der Waals surface area contributed by atoms with Crippen molar-refractivity contribution in [3.8, 4) is 11.5 Å². The maximum absolute atomic E-state index is 9.61. The van der Waals surface area contributed by atoms with E-state index in [1.54, 1.807) is 0 Å². The SMILES string of the molecule is CC(C)c1cc(C(C)C)c(O)cc1O.[CH3-].[CH3-].[Zr+3].[c-]1ncncn1. The first-order valence-corrected chi connectivity index (χ1v) is 6.47. The van der Waals surface area contributed by atoms with E-state index in [0.29, 0.717) is 0 Å². The summed E-state index contributed by atoms with van der Waals surface area (Å²) in [4.78, 5) is 10.4. The fourth-order valence-corrected chi connectivity index (χ4v) is 1.72. The van der Waals surface area contributed by atoms with Crippen LogP contribution in [-0.4, -0.2) is 25.2 Å². The second kappa shape index (κ2) is 13.2. The Balaban J connectivity index is -0.000000382. The van der Waals surface area contributed by atoms with Gasteiger partial charge < -0.3 is 40.0 Å². The third kappa shape index (κ3) is 8.80. The summed E-state index contributed by atoms with van der Waals surface area (Å²) in [5.41, 5.74) is 1.79. The summed E-state index contributed by atoms with van der Waals surface area (Å²) < 4.78 is 0. The molecule has 0 bridgehead atoms. The fourth-order valence-electron chi connectivity index (χ4n) is 1.72. The van der Waals surface area contributed by atoms with Gasteiger partial charge in [-0.15, -0.1) is 0 Å². The van der Waals surface area contributed by atoms with Gasteiger partial charge in [0, 0.05) is 25.0 Å². The van der Waals surface area contributed by atoms with Gasteiger partial charge in [0.1, 0.15) is 11.5 Å². The van der Waals surface area contributed by atoms with Crippen LogP contribution in [0, 0.1) is 21.2 Å². The molecule has 23 heavy (non-hydrogen) atoms. The molecule has 0 unspecified atom stereocenters. The van der Waals surface area contributed by atoms with Crippen LogP contribution in [0.1, 0.15) is 50.7 Å². The third-order valence-electron chi connectivity index (χ3n) is 2.78. The first-order chi connectivity index (χ1) is 9.43. The Bertz CT molecular complexity index is 479. The molecule has 2 N–H and O–H groups in total. The van der Waals surface area contributed by atoms with Gasteiger partial charge in [-0.1, -0.05) is 27.7 Å². The minimum Gasteiger partial charge on any atom is -0.508 e. The standard InChI is InChI=1S/C12H18O2.C3H2N3.2CH3.Zr/c1-7(2)9-5-10(8(3)4)12(14)6-11(9)13;1-4-2-6-3-5-1;;;/h5-8,13-14H,1-4H3;1-2H;2*1H3;/q;3*-1;+3. The number of rotatable bonds is 2. The minimum absolute atomic E-state index is 0. The van der Waals surface area contributed by atoms with Crippen molar-refractivity contribution in [2.45, 2.75) is 39.5 Å². The monoisotopic (exact) mass is 394 g/mol. The van der Waals surface area contributed by atoms with Crippen LogP contribution in [0.25, 0.3) is 0 Å². The number of nitrogens with zero attached hydrogens (tertiary/aromatic N) is 3. The summed E-state index contributed by atoms with van der Waals surface area (Å²) in [6.45, 7) is 8.10. The fraction of sp³-hybridized carbons (Fsp3) is 0.353. The van der Waals surface area contributed by atoms with E-state index in [0.717, 1.165) is 11.1 Å². The smallest absolute Gasteiger partial charge is 0.508 e. The molecule has 1 radical (unpaired) electrons. The van der Waals surface area contributed by atoms with E-state index in [2.05, 4.69) is 21.3 Å². The maximum atomic E-state index is 9.61. The summed E-state index contributed by atoms with van der Waals surface area (Å²) in [5.74, 6) is 0.907. The molecular weight excluding hydrogens is 369 g/mol. The van der Waals surface area contributed by atoms with Crippen molar-refractivity contribution in [1.82, 2.24) is 15.0 Å². The van der Waals surface area contributed by atoms with Gasteiger partial charge in [-0.2, -0.15) is 0 Å². The molecular formula is C17H26N3O2Zr. The van der Waals surface area contributed by atoms with Crippen LogP contribution < -0.4 is 0 Å². The molecule has 0 saturated carbocycles. The molecule has 0 spiro atoms. The average Bonchev–Trinajstić information content (AvgIpc) is 2.40. The van der Waals surface area contributed by atoms with Crippen LogP contribution >= 0.6 is 0 Å². The number of phenols is 2. The van der Waals surface area contributed by atoms with E-state index in [1.807, 2.05) is 33.8 Å². The largest absolute Gasteiger partial charge is 3.00 e. The number of aromatic hydroxyl groups is 2. The zero-order chi connectivity index (χ0) is 15.1. The van der Waals surface area contributed by atoms with Crippen LogP contribution in [0.5, 0.6) is 11.5 Å². The molecule has 0 atom stereocenters. The summed E-state index contributed by atoms with van der Waals surface area (Å²) in [6.07, 6.45) is 5.09. The van der Waals surface area contributed by atoms with Gasteiger partial charge in [0.15, 0.2) is 0 Å². The van der Waals surface area contributed by atoms with E-state index in [-0.39, 0.29) is 64.4 Å². The van der Waals surface area contributed by atoms with E-state index in [9.17, 15) is 10.2 Å². The van der Waals surface area contributed by atoms with E-state index < -0.39 is 0 Å². The molecule has 0 aliphatic carbocycles. The molecule has 1 aromatic heterocycles. The van der Waals surface area contributed by atoms with Crippen LogP contribution in [0.2, 0.25) is 0 Å². The van der Waals surface area contributed by atoms with Gasteiger partial charge in [0.05, 0.1) is 0 Å². The van der Waals surface area contributed by atoms with Gasteiger partial charge >= 0.3 is 26.2 Å². The molecule has 0 saturated heterocycles. The second-order valence-electron chi connectivity index (χ2n) is 5.02. The molecule has 5 nitrogen and oxygen atoms in total. The Morgan fingerprint density at radius 3 is 1.43 bits per heavy atom. The molecule has 2 rings (SSSR count). The Kier molecular flexibility index (Phi) is 15.2. The summed E-state index contributed by atoms with van der Waals surface area (Å²) in [7, 11) is 0. The number of hydrogen-bond donors (Lipinski definition) is 2. The topological polar surface area (TPSA) is 79.1 Å². The Hall–Kier alpha value is -1.29. The van der Waals surface area contributed by atoms with Gasteiger partial charge in [-0.05, 0) is 29.0 Å². The van der Waals surface area contributed by atoms with Crippen molar-refractivity contribution < 1.29 is 36.4 Å². The number of hydrogen-bond acceptors (Lipinski definition) is 5. The summed E-state index contributed by atoms with van der Waals surface area (Å²) >= 11 is 0. The second-order valence-corrected chi connectivity index (χ2v) is 5.02. The van der Waals surface area contributed by atoms with Crippen molar-refractivity contribution in [1.29, 1.82) is 0 Å². The third-order valence-corrected chi connectivity index (χ3v) is 2.78. The number of phenolic OH excluding ortho intramolecular Hbond substituents is 2. The maximum Gasteiger partial charge on any atom is 3.00 e. The average molecular weight is 396 g/mol. The van der Waals surface area contributed by atoms with Gasteiger partial charge in [-0.3, -0.25) is 0 Å². The molecule has 1 aromatic carbocycles. The zero-order valence-electron chi connectivity index (χ0n) is 14.7. The van der Waals surface area contributed by atoms with Crippen LogP contribution in [0.15, 0.2) is 24.8 Å². The van der Waals surface area contributed by atoms with E-state index >= 15 is 0 Å². The molecule has 0 fully saturated rings. The molecule has 2 aromatic rings. The van der Waals surface area contributed by atoms with Crippen molar-refractivity contribution in [3.05, 3.63) is 57.1 Å². The predicted molar refractivity (Wildman–Crippen MR) is 89.4 cm³/mol. The number of aromatic nitrogens is 3. The first-order valence-electron chi connectivity index (χ1n) is 6.47. The Morgan fingerprint density at radius 1 is 0.826 bits per heavy atom. The predicted octanol–water partition coefficient (Wildman–Crippen LogP) is 3.91. The molecule has 0 aliphatic heterocycles. The van der Waals surface area contributed by atoms with Crippen molar-refractivity contribution in [2.24, 2.45) is 0 Å². The summed E-state index contributed by atoms with van der Waals surface area (Å²) in [5, 5.41) is 19.2. The molecule has 125 valence electrons. The number of benzene rings is 1. The summed E-state index contributed by atoms with van der Waals surface area (Å²) in [6, 6.07) is 3.32. The van der Waals surface area contributed by atoms with Gasteiger partial charge in [-0.25, -0.2) is 0 Å². The molecule has 6 heteroatoms. The quantitative estimate of drug-likeness (QED) is 0.754. The Morgan fingerprint density at radius 2 is 1.22 bits per heavy atom. The van der Waals surface area contributed by atoms with Crippen LogP contribution in [-0.2, 0) is 26.2 Å². The first kappa shape index (κ1) is 26.6. The molecule has 0 amide bonds. The van der Waals surface area contributed by atoms with Gasteiger partial charge in [0.2, 0.25) is 0 Å². The Labute approximate surface area is 159 Å². The molecule has 1 heterocycles. The van der Waals surface area contributed by atoms with Crippen molar-refractivity contribution in [2.75, 3.05) is 0 Å². The van der Waals surface area contributed by atoms with E-state index in [4.69, 9.17) is 0 Å². The van der Waals surface area contributed by atoms with Crippen molar-refractivity contribution >= 4 is 0 Å². The normalized spacial score (nSPS) is 8.96. The van der Waals surface area contributed by atoms with Crippen LogP contribution in [0.4, 0.5) is 0 Å². The zero-order valence-corrected chi connectivity index (χ0v) is 17.2. The minimum atomic E-state index is 0.